The zero-order valence-corrected chi connectivity index (χ0v) is 44.0. The molecule has 78 heavy (non-hydrogen) atoms. The summed E-state index contributed by atoms with van der Waals surface area (Å²) in [4.78, 5) is 0. The summed E-state index contributed by atoms with van der Waals surface area (Å²) >= 11 is 0. The van der Waals surface area contributed by atoms with Crippen LogP contribution < -0.4 is 0 Å². The van der Waals surface area contributed by atoms with Gasteiger partial charge in [0.25, 0.3) is 0 Å². The van der Waals surface area contributed by atoms with Crippen LogP contribution in [0.2, 0.25) is 0 Å². The largest absolute Gasteiger partial charge is 0.309 e. The molecule has 372 valence electrons. The number of hydrogen-bond donors (Lipinski definition) is 0. The van der Waals surface area contributed by atoms with Gasteiger partial charge in [-0.15, -0.1) is 6.58 Å². The lowest BCUT2D eigenvalue weighted by atomic mass is 9.84. The van der Waals surface area contributed by atoms with E-state index in [-0.39, 0.29) is 0 Å². The Balaban J connectivity index is 0.000000556. The van der Waals surface area contributed by atoms with E-state index in [4.69, 9.17) is 0 Å². The zero-order chi connectivity index (χ0) is 52.8. The van der Waals surface area contributed by atoms with E-state index in [9.17, 15) is 0 Å². The molecule has 0 aliphatic heterocycles. The average molecular weight is 999 g/mol. The monoisotopic (exact) mass is 998 g/mol. The lowest BCUT2D eigenvalue weighted by Crippen LogP contribution is -1.95. The molecule has 2 heteroatoms. The van der Waals surface area contributed by atoms with E-state index in [2.05, 4.69) is 302 Å². The maximum Gasteiger partial charge on any atom is 0.0541 e. The highest BCUT2D eigenvalue weighted by atomic mass is 15.0. The van der Waals surface area contributed by atoms with Crippen LogP contribution in [0.4, 0.5) is 0 Å². The lowest BCUT2D eigenvalue weighted by Gasteiger charge is -2.20. The first kappa shape index (κ1) is 48.9. The molecule has 0 fully saturated rings. The molecular formula is C76H58N2. The Bertz CT molecular complexity index is 4280. The second-order valence-corrected chi connectivity index (χ2v) is 19.7. The van der Waals surface area contributed by atoms with Crippen LogP contribution in [0.3, 0.4) is 0 Å². The van der Waals surface area contributed by atoms with Gasteiger partial charge in [-0.05, 0) is 135 Å². The molecule has 0 aliphatic carbocycles. The van der Waals surface area contributed by atoms with Crippen molar-refractivity contribution in [1.29, 1.82) is 0 Å². The van der Waals surface area contributed by atoms with Crippen molar-refractivity contribution in [2.24, 2.45) is 0 Å². The molecule has 0 aliphatic rings. The van der Waals surface area contributed by atoms with Gasteiger partial charge in [-0.1, -0.05) is 254 Å². The van der Waals surface area contributed by atoms with Gasteiger partial charge in [0.2, 0.25) is 0 Å². The first-order chi connectivity index (χ1) is 38.6. The van der Waals surface area contributed by atoms with Crippen LogP contribution in [0, 0.1) is 6.92 Å². The predicted octanol–water partition coefficient (Wildman–Crippen LogP) is 21.1. The summed E-state index contributed by atoms with van der Waals surface area (Å²) in [7, 11) is 0. The first-order valence-corrected chi connectivity index (χ1v) is 26.8. The maximum atomic E-state index is 3.36. The van der Waals surface area contributed by atoms with Crippen molar-refractivity contribution in [1.82, 2.24) is 9.13 Å². The van der Waals surface area contributed by atoms with Crippen LogP contribution in [0.25, 0.3) is 122 Å². The third-order valence-corrected chi connectivity index (χ3v) is 14.8. The van der Waals surface area contributed by atoms with Gasteiger partial charge in [0.15, 0.2) is 0 Å². The standard InChI is InChI=1S/C66H44N2.C7H8.C3H6/c1-2-18-46(19-3-1)51-20-4-5-21-52(51)53-22-6-7-23-54(53)55-24-8-9-25-56(55)57-43-38-48(45-34-39-49(40-35-45)67-63-30-14-10-26-58(63)59-27-11-15-31-64(59)67)44-62(57)47-36-41-50(42-37-47)68-65-32-16-12-28-60(65)61-29-13-17-33-66(61)68;1-7-5-3-2-4-6-7;1-3-2/h1-44H;2-6H,1H3;3H,1H2,2H3. The number of benzene rings is 12. The number of aromatic nitrogens is 2. The van der Waals surface area contributed by atoms with Gasteiger partial charge < -0.3 is 9.13 Å². The molecule has 0 amide bonds. The molecule has 0 atom stereocenters. The average Bonchev–Trinajstić information content (AvgIpc) is 4.11. The Morgan fingerprint density at radius 3 is 0.923 bits per heavy atom. The summed E-state index contributed by atoms with van der Waals surface area (Å²) in [6.07, 6.45) is 1.75. The number of nitrogens with zero attached hydrogens (tertiary/aromatic N) is 2. The smallest absolute Gasteiger partial charge is 0.0541 e. The van der Waals surface area contributed by atoms with Crippen LogP contribution in [0.1, 0.15) is 12.5 Å². The van der Waals surface area contributed by atoms with Crippen molar-refractivity contribution in [3.05, 3.63) is 315 Å². The van der Waals surface area contributed by atoms with Gasteiger partial charge >= 0.3 is 0 Å². The van der Waals surface area contributed by atoms with Gasteiger partial charge in [-0.25, -0.2) is 0 Å². The fraction of sp³-hybridized carbons (Fsp3) is 0.0263. The maximum absolute atomic E-state index is 3.36. The third-order valence-electron chi connectivity index (χ3n) is 14.8. The van der Waals surface area contributed by atoms with Gasteiger partial charge in [-0.3, -0.25) is 0 Å². The molecule has 0 unspecified atom stereocenters. The van der Waals surface area contributed by atoms with E-state index in [0.29, 0.717) is 0 Å². The number of allylic oxidation sites excluding steroid dienone is 1. The second kappa shape index (κ2) is 22.1. The van der Waals surface area contributed by atoms with Crippen molar-refractivity contribution in [3.8, 4) is 78.1 Å². The van der Waals surface area contributed by atoms with Crippen LogP contribution in [0.5, 0.6) is 0 Å². The van der Waals surface area contributed by atoms with Crippen molar-refractivity contribution in [3.63, 3.8) is 0 Å². The Morgan fingerprint density at radius 2 is 0.538 bits per heavy atom. The summed E-state index contributed by atoms with van der Waals surface area (Å²) in [5.41, 5.74) is 22.7. The summed E-state index contributed by atoms with van der Waals surface area (Å²) in [5, 5.41) is 5.05. The van der Waals surface area contributed by atoms with Crippen molar-refractivity contribution in [2.45, 2.75) is 13.8 Å². The Morgan fingerprint density at radius 1 is 0.256 bits per heavy atom. The van der Waals surface area contributed by atoms with Gasteiger partial charge in [-0.2, -0.15) is 0 Å². The predicted molar refractivity (Wildman–Crippen MR) is 335 cm³/mol. The summed E-state index contributed by atoms with van der Waals surface area (Å²) in [5.74, 6) is 0. The molecule has 2 heterocycles. The second-order valence-electron chi connectivity index (χ2n) is 19.7. The quantitative estimate of drug-likeness (QED) is 0.134. The molecule has 0 spiro atoms. The molecule has 0 saturated heterocycles. The summed E-state index contributed by atoms with van der Waals surface area (Å²) in [6.45, 7) is 7.33. The van der Waals surface area contributed by atoms with E-state index in [1.165, 1.54) is 110 Å². The minimum absolute atomic E-state index is 1.14. The molecule has 0 saturated carbocycles. The van der Waals surface area contributed by atoms with Crippen molar-refractivity contribution in [2.75, 3.05) is 0 Å². The van der Waals surface area contributed by atoms with Crippen molar-refractivity contribution >= 4 is 43.6 Å². The Labute approximate surface area is 457 Å². The van der Waals surface area contributed by atoms with E-state index in [0.717, 1.165) is 16.9 Å². The number of fused-ring (bicyclic) bond motifs is 6. The minimum atomic E-state index is 1.14. The van der Waals surface area contributed by atoms with E-state index >= 15 is 0 Å². The molecule has 14 aromatic rings. The summed E-state index contributed by atoms with van der Waals surface area (Å²) < 4.78 is 4.78. The van der Waals surface area contributed by atoms with Crippen LogP contribution in [-0.4, -0.2) is 9.13 Å². The molecular weight excluding hydrogens is 941 g/mol. The molecule has 14 rings (SSSR count). The normalized spacial score (nSPS) is 11.0. The van der Waals surface area contributed by atoms with Crippen LogP contribution >= 0.6 is 0 Å². The molecule has 0 bridgehead atoms. The van der Waals surface area contributed by atoms with Crippen LogP contribution in [-0.2, 0) is 0 Å². The molecule has 0 N–H and O–H groups in total. The zero-order valence-electron chi connectivity index (χ0n) is 44.0. The number of aryl methyl sites for hydroxylation is 1. The van der Waals surface area contributed by atoms with Gasteiger partial charge in [0.1, 0.15) is 0 Å². The highest BCUT2D eigenvalue weighted by Crippen LogP contribution is 2.45. The highest BCUT2D eigenvalue weighted by molar-refractivity contribution is 6.10. The van der Waals surface area contributed by atoms with E-state index in [1.54, 1.807) is 6.08 Å². The van der Waals surface area contributed by atoms with Gasteiger partial charge in [0.05, 0.1) is 22.1 Å². The summed E-state index contributed by atoms with van der Waals surface area (Å²) in [6, 6.07) is 108. The number of para-hydroxylation sites is 4. The molecule has 2 aromatic heterocycles. The Kier molecular flexibility index (Phi) is 13.8. The lowest BCUT2D eigenvalue weighted by molar-refractivity contribution is 1.18. The Hall–Kier alpha value is -10.0. The molecule has 2 nitrogen and oxygen atoms in total. The molecule has 12 aromatic carbocycles. The molecule has 0 radical (unpaired) electrons. The fourth-order valence-electron chi connectivity index (χ4n) is 11.2. The number of hydrogen-bond acceptors (Lipinski definition) is 0. The first-order valence-electron chi connectivity index (χ1n) is 26.8. The fourth-order valence-corrected chi connectivity index (χ4v) is 11.2. The van der Waals surface area contributed by atoms with Crippen molar-refractivity contribution < 1.29 is 0 Å². The topological polar surface area (TPSA) is 9.86 Å². The van der Waals surface area contributed by atoms with E-state index < -0.39 is 0 Å². The van der Waals surface area contributed by atoms with E-state index in [1.807, 2.05) is 25.1 Å². The van der Waals surface area contributed by atoms with Crippen LogP contribution in [0.15, 0.2) is 310 Å². The minimum Gasteiger partial charge on any atom is -0.309 e. The number of rotatable bonds is 8. The SMILES string of the molecule is C=CC.Cc1ccccc1.c1ccc(-c2ccccc2-c2ccccc2-c2ccccc2-c2ccc(-c3ccc(-n4c5ccccc5c5ccccc54)cc3)cc2-c2ccc(-n3c4ccccc4c4ccccc43)cc2)cc1. The highest BCUT2D eigenvalue weighted by Gasteiger charge is 2.20. The third kappa shape index (κ3) is 9.42. The van der Waals surface area contributed by atoms with Gasteiger partial charge in [0, 0.05) is 32.9 Å².